The number of nitrogens with one attached hydrogen (secondary N) is 1. The van der Waals surface area contributed by atoms with Crippen LogP contribution in [0.25, 0.3) is 0 Å². The van der Waals surface area contributed by atoms with Crippen molar-refractivity contribution in [2.45, 2.75) is 64.2 Å². The molecule has 1 saturated heterocycles. The molecule has 0 saturated carbocycles. The van der Waals surface area contributed by atoms with Crippen molar-refractivity contribution >= 4 is 0 Å². The highest BCUT2D eigenvalue weighted by molar-refractivity contribution is 4.52. The third kappa shape index (κ3) is 9.17. The highest BCUT2D eigenvalue weighted by Gasteiger charge is 1.95. The van der Waals surface area contributed by atoms with Crippen LogP contribution in [-0.2, 0) is 4.74 Å². The normalized spacial score (nSPS) is 24.0. The summed E-state index contributed by atoms with van der Waals surface area (Å²) in [4.78, 5) is 0. The van der Waals surface area contributed by atoms with Gasteiger partial charge in [0.15, 0.2) is 0 Å². The second kappa shape index (κ2) is 11.4. The van der Waals surface area contributed by atoms with Crippen molar-refractivity contribution in [3.05, 3.63) is 0 Å². The van der Waals surface area contributed by atoms with Gasteiger partial charge in [0.05, 0.1) is 6.61 Å². The van der Waals surface area contributed by atoms with Gasteiger partial charge in [-0.1, -0.05) is 51.4 Å². The Labute approximate surface area is 101 Å². The van der Waals surface area contributed by atoms with E-state index in [9.17, 15) is 0 Å². The summed E-state index contributed by atoms with van der Waals surface area (Å²) in [6, 6.07) is 0. The van der Waals surface area contributed by atoms with Gasteiger partial charge in [0.25, 0.3) is 0 Å². The molecule has 0 atom stereocenters. The maximum Gasteiger partial charge on any atom is 0.0590 e. The van der Waals surface area contributed by atoms with Crippen LogP contribution in [0.15, 0.2) is 0 Å². The highest BCUT2D eigenvalue weighted by Crippen LogP contribution is 2.10. The summed E-state index contributed by atoms with van der Waals surface area (Å²) in [5, 5.41) is 3.44. The number of ether oxygens (including phenoxy) is 1. The SMILES string of the molecule is C1CCCCCCOCCNCCCCC1. The van der Waals surface area contributed by atoms with Gasteiger partial charge in [-0.3, -0.25) is 0 Å². The van der Waals surface area contributed by atoms with E-state index in [0.29, 0.717) is 0 Å². The Hall–Kier alpha value is -0.0800. The third-order valence-corrected chi connectivity index (χ3v) is 3.32. The van der Waals surface area contributed by atoms with E-state index >= 15 is 0 Å². The van der Waals surface area contributed by atoms with E-state index < -0.39 is 0 Å². The molecule has 0 amide bonds. The Morgan fingerprint density at radius 1 is 0.500 bits per heavy atom. The molecule has 2 nitrogen and oxygen atoms in total. The van der Waals surface area contributed by atoms with Crippen molar-refractivity contribution in [1.29, 1.82) is 0 Å². The zero-order valence-corrected chi connectivity index (χ0v) is 10.8. The summed E-state index contributed by atoms with van der Waals surface area (Å²) in [5.41, 5.74) is 0. The van der Waals surface area contributed by atoms with Gasteiger partial charge in [0, 0.05) is 13.2 Å². The molecule has 1 aliphatic heterocycles. The van der Waals surface area contributed by atoms with Crippen LogP contribution < -0.4 is 5.32 Å². The van der Waals surface area contributed by atoms with Crippen LogP contribution in [0.3, 0.4) is 0 Å². The summed E-state index contributed by atoms with van der Waals surface area (Å²) in [5.74, 6) is 0. The number of hydrogen-bond donors (Lipinski definition) is 1. The molecule has 1 heterocycles. The number of hydrogen-bond acceptors (Lipinski definition) is 2. The standard InChI is InChI=1S/C14H29NO/c1-2-4-6-8-10-13-16-14-12-15-11-9-7-5-3-1/h15H,1-14H2. The molecular formula is C14H29NO. The maximum absolute atomic E-state index is 5.57. The summed E-state index contributed by atoms with van der Waals surface area (Å²) in [6.07, 6.45) is 13.9. The first-order valence-electron chi connectivity index (χ1n) is 7.28. The zero-order valence-electron chi connectivity index (χ0n) is 10.8. The van der Waals surface area contributed by atoms with E-state index in [2.05, 4.69) is 5.32 Å². The van der Waals surface area contributed by atoms with Gasteiger partial charge < -0.3 is 10.1 Å². The van der Waals surface area contributed by atoms with Crippen molar-refractivity contribution in [3.63, 3.8) is 0 Å². The maximum atomic E-state index is 5.57. The quantitative estimate of drug-likeness (QED) is 0.684. The average Bonchev–Trinajstić information content (AvgIpc) is 2.29. The first-order chi connectivity index (χ1) is 8.00. The Morgan fingerprint density at radius 3 is 1.75 bits per heavy atom. The Kier molecular flexibility index (Phi) is 9.97. The molecule has 0 bridgehead atoms. The van der Waals surface area contributed by atoms with E-state index in [1.54, 1.807) is 0 Å². The van der Waals surface area contributed by atoms with Crippen LogP contribution in [0.1, 0.15) is 64.2 Å². The molecule has 1 fully saturated rings. The van der Waals surface area contributed by atoms with Gasteiger partial charge in [0.1, 0.15) is 0 Å². The van der Waals surface area contributed by atoms with Gasteiger partial charge >= 0.3 is 0 Å². The monoisotopic (exact) mass is 227 g/mol. The van der Waals surface area contributed by atoms with Crippen LogP contribution in [0, 0.1) is 0 Å². The fourth-order valence-corrected chi connectivity index (χ4v) is 2.24. The van der Waals surface area contributed by atoms with Crippen molar-refractivity contribution in [2.75, 3.05) is 26.3 Å². The first kappa shape index (κ1) is 14.0. The molecule has 1 rings (SSSR count). The molecule has 2 heteroatoms. The molecule has 0 aromatic heterocycles. The molecule has 0 radical (unpaired) electrons. The van der Waals surface area contributed by atoms with Crippen molar-refractivity contribution in [1.82, 2.24) is 5.32 Å². The Balaban J connectivity index is 2.00. The second-order valence-electron chi connectivity index (χ2n) is 4.90. The van der Waals surface area contributed by atoms with Gasteiger partial charge in [-0.05, 0) is 19.4 Å². The summed E-state index contributed by atoms with van der Waals surface area (Å²) in [6.45, 7) is 4.05. The fourth-order valence-electron chi connectivity index (χ4n) is 2.24. The smallest absolute Gasteiger partial charge is 0.0590 e. The summed E-state index contributed by atoms with van der Waals surface area (Å²) < 4.78 is 5.57. The largest absolute Gasteiger partial charge is 0.380 e. The molecule has 16 heavy (non-hydrogen) atoms. The van der Waals surface area contributed by atoms with Crippen molar-refractivity contribution < 1.29 is 4.74 Å². The predicted octanol–water partition coefficient (Wildman–Crippen LogP) is 3.51. The van der Waals surface area contributed by atoms with Crippen LogP contribution in [0.2, 0.25) is 0 Å². The topological polar surface area (TPSA) is 21.3 Å². The molecule has 0 unspecified atom stereocenters. The minimum Gasteiger partial charge on any atom is -0.380 e. The summed E-state index contributed by atoms with van der Waals surface area (Å²) >= 11 is 0. The van der Waals surface area contributed by atoms with Crippen molar-refractivity contribution in [3.8, 4) is 0 Å². The van der Waals surface area contributed by atoms with Gasteiger partial charge in [-0.15, -0.1) is 0 Å². The van der Waals surface area contributed by atoms with Crippen LogP contribution in [-0.4, -0.2) is 26.3 Å². The lowest BCUT2D eigenvalue weighted by molar-refractivity contribution is 0.131. The predicted molar refractivity (Wildman–Crippen MR) is 69.9 cm³/mol. The van der Waals surface area contributed by atoms with Crippen LogP contribution >= 0.6 is 0 Å². The van der Waals surface area contributed by atoms with E-state index in [4.69, 9.17) is 4.74 Å². The van der Waals surface area contributed by atoms with Gasteiger partial charge in [0.2, 0.25) is 0 Å². The minimum absolute atomic E-state index is 0.889. The lowest BCUT2D eigenvalue weighted by Crippen LogP contribution is -2.21. The molecular weight excluding hydrogens is 198 g/mol. The average molecular weight is 227 g/mol. The van der Waals surface area contributed by atoms with E-state index in [-0.39, 0.29) is 0 Å². The second-order valence-corrected chi connectivity index (χ2v) is 4.90. The van der Waals surface area contributed by atoms with E-state index in [1.807, 2.05) is 0 Å². The molecule has 96 valence electrons. The van der Waals surface area contributed by atoms with Gasteiger partial charge in [-0.2, -0.15) is 0 Å². The van der Waals surface area contributed by atoms with E-state index in [0.717, 1.165) is 19.8 Å². The lowest BCUT2D eigenvalue weighted by Gasteiger charge is -2.07. The Bertz CT molecular complexity index is 74.7. The zero-order chi connectivity index (χ0) is 11.3. The first-order valence-corrected chi connectivity index (χ1v) is 7.28. The third-order valence-electron chi connectivity index (χ3n) is 3.32. The van der Waals surface area contributed by atoms with Gasteiger partial charge in [-0.25, -0.2) is 0 Å². The van der Waals surface area contributed by atoms with Crippen molar-refractivity contribution in [2.24, 2.45) is 0 Å². The fraction of sp³-hybridized carbons (Fsp3) is 1.00. The molecule has 0 aromatic rings. The summed E-state index contributed by atoms with van der Waals surface area (Å²) in [7, 11) is 0. The number of rotatable bonds is 0. The molecule has 1 aliphatic rings. The van der Waals surface area contributed by atoms with E-state index in [1.165, 1.54) is 70.8 Å². The van der Waals surface area contributed by atoms with Crippen LogP contribution in [0.4, 0.5) is 0 Å². The molecule has 0 aromatic carbocycles. The molecule has 0 spiro atoms. The molecule has 1 N–H and O–H groups in total. The lowest BCUT2D eigenvalue weighted by atomic mass is 10.1. The molecule has 0 aliphatic carbocycles. The minimum atomic E-state index is 0.889. The van der Waals surface area contributed by atoms with Crippen LogP contribution in [0.5, 0.6) is 0 Å². The highest BCUT2D eigenvalue weighted by atomic mass is 16.5. The Morgan fingerprint density at radius 2 is 1.06 bits per heavy atom.